The van der Waals surface area contributed by atoms with Crippen molar-refractivity contribution in [3.63, 3.8) is 0 Å². The quantitative estimate of drug-likeness (QED) is 0.538. The van der Waals surface area contributed by atoms with E-state index in [9.17, 15) is 0 Å². The molecular formula is C14H28N4. The van der Waals surface area contributed by atoms with Gasteiger partial charge in [-0.2, -0.15) is 0 Å². The molecule has 6 N–H and O–H groups in total. The van der Waals surface area contributed by atoms with Gasteiger partial charge >= 0.3 is 0 Å². The Kier molecular flexibility index (Phi) is 3.63. The Balaban J connectivity index is 1.77. The first-order chi connectivity index (χ1) is 8.77. The molecule has 4 heteroatoms. The molecule has 104 valence electrons. The maximum absolute atomic E-state index is 5.70. The van der Waals surface area contributed by atoms with Crippen molar-refractivity contribution < 1.29 is 0 Å². The van der Waals surface area contributed by atoms with Gasteiger partial charge in [0.05, 0.1) is 0 Å². The van der Waals surface area contributed by atoms with Crippen LogP contribution >= 0.6 is 0 Å². The van der Waals surface area contributed by atoms with E-state index in [1.165, 1.54) is 32.1 Å². The number of nitrogens with one attached hydrogen (secondary N) is 2. The van der Waals surface area contributed by atoms with Gasteiger partial charge < -0.3 is 22.1 Å². The van der Waals surface area contributed by atoms with Gasteiger partial charge in [0.1, 0.15) is 0 Å². The lowest BCUT2D eigenvalue weighted by molar-refractivity contribution is -0.0503. The molecule has 0 aromatic carbocycles. The van der Waals surface area contributed by atoms with E-state index in [4.69, 9.17) is 11.5 Å². The summed E-state index contributed by atoms with van der Waals surface area (Å²) in [6, 6.07) is 0.625. The number of hydrogen-bond acceptors (Lipinski definition) is 4. The third kappa shape index (κ3) is 2.09. The monoisotopic (exact) mass is 252 g/mol. The Morgan fingerprint density at radius 2 is 1.61 bits per heavy atom. The third-order valence-electron chi connectivity index (χ3n) is 5.44. The van der Waals surface area contributed by atoms with Gasteiger partial charge in [-0.15, -0.1) is 0 Å². The summed E-state index contributed by atoms with van der Waals surface area (Å²) in [5.41, 5.74) is 11.7. The van der Waals surface area contributed by atoms with Gasteiger partial charge in [-0.1, -0.05) is 0 Å². The largest absolute Gasteiger partial charge is 0.329 e. The lowest BCUT2D eigenvalue weighted by Gasteiger charge is -2.61. The lowest BCUT2D eigenvalue weighted by Crippen LogP contribution is -2.71. The van der Waals surface area contributed by atoms with Crippen LogP contribution in [0.5, 0.6) is 0 Å². The van der Waals surface area contributed by atoms with Crippen LogP contribution < -0.4 is 22.1 Å². The molecule has 0 heterocycles. The molecule has 4 bridgehead atoms. The molecule has 4 nitrogen and oxygen atoms in total. The van der Waals surface area contributed by atoms with E-state index in [1.54, 1.807) is 0 Å². The van der Waals surface area contributed by atoms with Crippen molar-refractivity contribution in [2.75, 3.05) is 26.2 Å². The van der Waals surface area contributed by atoms with Crippen LogP contribution in [0, 0.1) is 17.8 Å². The van der Waals surface area contributed by atoms with Crippen LogP contribution in [0.1, 0.15) is 32.1 Å². The van der Waals surface area contributed by atoms with Crippen molar-refractivity contribution >= 4 is 0 Å². The van der Waals surface area contributed by atoms with E-state index in [2.05, 4.69) is 10.6 Å². The van der Waals surface area contributed by atoms with Gasteiger partial charge in [0.25, 0.3) is 0 Å². The van der Waals surface area contributed by atoms with Gasteiger partial charge in [-0.3, -0.25) is 0 Å². The normalized spacial score (nSPS) is 45.7. The Hall–Kier alpha value is -0.160. The minimum atomic E-state index is 0.323. The van der Waals surface area contributed by atoms with Crippen LogP contribution in [-0.2, 0) is 0 Å². The minimum absolute atomic E-state index is 0.323. The molecule has 0 amide bonds. The Labute approximate surface area is 110 Å². The minimum Gasteiger partial charge on any atom is -0.329 e. The highest BCUT2D eigenvalue weighted by molar-refractivity contribution is 5.14. The Bertz CT molecular complexity index is 280. The summed E-state index contributed by atoms with van der Waals surface area (Å²) in [5.74, 6) is 2.79. The Morgan fingerprint density at radius 3 is 2.22 bits per heavy atom. The fourth-order valence-corrected chi connectivity index (χ4v) is 5.22. The summed E-state index contributed by atoms with van der Waals surface area (Å²) >= 11 is 0. The van der Waals surface area contributed by atoms with E-state index < -0.39 is 0 Å². The number of hydrogen-bond donors (Lipinski definition) is 4. The Morgan fingerprint density at radius 1 is 0.944 bits per heavy atom. The average molecular weight is 252 g/mol. The predicted molar refractivity (Wildman–Crippen MR) is 74.2 cm³/mol. The van der Waals surface area contributed by atoms with E-state index in [1.807, 2.05) is 0 Å². The van der Waals surface area contributed by atoms with Crippen molar-refractivity contribution in [2.24, 2.45) is 29.2 Å². The van der Waals surface area contributed by atoms with Gasteiger partial charge in [0, 0.05) is 37.8 Å². The second kappa shape index (κ2) is 5.08. The summed E-state index contributed by atoms with van der Waals surface area (Å²) in [5, 5.41) is 7.54. The van der Waals surface area contributed by atoms with Crippen molar-refractivity contribution in [1.29, 1.82) is 0 Å². The van der Waals surface area contributed by atoms with Gasteiger partial charge in [0.2, 0.25) is 0 Å². The number of nitrogens with two attached hydrogens (primary N) is 2. The molecule has 4 rings (SSSR count). The molecule has 4 aliphatic carbocycles. The second-order valence-corrected chi connectivity index (χ2v) is 6.70. The fourth-order valence-electron chi connectivity index (χ4n) is 5.22. The highest BCUT2D eigenvalue weighted by Crippen LogP contribution is 2.55. The second-order valence-electron chi connectivity index (χ2n) is 6.70. The molecular weight excluding hydrogens is 224 g/mol. The van der Waals surface area contributed by atoms with Crippen molar-refractivity contribution in [3.8, 4) is 0 Å². The van der Waals surface area contributed by atoms with E-state index >= 15 is 0 Å². The zero-order valence-corrected chi connectivity index (χ0v) is 11.3. The van der Waals surface area contributed by atoms with E-state index in [0.717, 1.165) is 43.9 Å². The maximum atomic E-state index is 5.70. The van der Waals surface area contributed by atoms with Crippen molar-refractivity contribution in [3.05, 3.63) is 0 Å². The molecule has 4 fully saturated rings. The van der Waals surface area contributed by atoms with Crippen LogP contribution in [0.25, 0.3) is 0 Å². The molecule has 4 saturated carbocycles. The van der Waals surface area contributed by atoms with Gasteiger partial charge in [-0.05, 0) is 49.9 Å². The molecule has 4 aliphatic rings. The van der Waals surface area contributed by atoms with Crippen LogP contribution in [0.3, 0.4) is 0 Å². The van der Waals surface area contributed by atoms with Gasteiger partial charge in [0.15, 0.2) is 0 Å². The SMILES string of the molecule is NCCNC1C2C[C@@H]3C[C@H](C2)CC1(NCCN)C3. The van der Waals surface area contributed by atoms with Crippen LogP contribution in [-0.4, -0.2) is 37.8 Å². The lowest BCUT2D eigenvalue weighted by atomic mass is 9.50. The highest BCUT2D eigenvalue weighted by Gasteiger charge is 2.56. The van der Waals surface area contributed by atoms with Crippen LogP contribution in [0.2, 0.25) is 0 Å². The standard InChI is InChI=1S/C14H28N4/c15-1-3-17-13-12-6-10-5-11(7-12)9-14(13,8-10)18-4-2-16/h10-13,17-18H,1-9,15-16H2/t10-,11+,12?,13?,14?. The zero-order valence-electron chi connectivity index (χ0n) is 11.3. The van der Waals surface area contributed by atoms with E-state index in [-0.39, 0.29) is 0 Å². The molecule has 0 aromatic heterocycles. The molecule has 5 atom stereocenters. The molecule has 0 radical (unpaired) electrons. The number of rotatable bonds is 6. The summed E-state index contributed by atoms with van der Waals surface area (Å²) in [6.45, 7) is 3.38. The van der Waals surface area contributed by atoms with Crippen molar-refractivity contribution in [1.82, 2.24) is 10.6 Å². The molecule has 0 spiro atoms. The smallest absolute Gasteiger partial charge is 0.0343 e. The first kappa shape index (κ1) is 12.9. The molecule has 0 saturated heterocycles. The molecule has 3 unspecified atom stereocenters. The summed E-state index contributed by atoms with van der Waals surface area (Å²) < 4.78 is 0. The van der Waals surface area contributed by atoms with Gasteiger partial charge in [-0.25, -0.2) is 0 Å². The topological polar surface area (TPSA) is 76.1 Å². The van der Waals surface area contributed by atoms with Crippen LogP contribution in [0.15, 0.2) is 0 Å². The first-order valence-electron chi connectivity index (χ1n) is 7.66. The van der Waals surface area contributed by atoms with E-state index in [0.29, 0.717) is 11.6 Å². The fraction of sp³-hybridized carbons (Fsp3) is 1.00. The third-order valence-corrected chi connectivity index (χ3v) is 5.44. The summed E-state index contributed by atoms with van der Waals surface area (Å²) in [7, 11) is 0. The molecule has 0 aliphatic heterocycles. The van der Waals surface area contributed by atoms with Crippen molar-refractivity contribution in [2.45, 2.75) is 43.7 Å². The molecule has 0 aromatic rings. The zero-order chi connectivity index (χ0) is 12.6. The average Bonchev–Trinajstić information content (AvgIpc) is 2.35. The highest BCUT2D eigenvalue weighted by atomic mass is 15.1. The maximum Gasteiger partial charge on any atom is 0.0343 e. The summed E-state index contributed by atoms with van der Waals surface area (Å²) in [6.07, 6.45) is 7.05. The van der Waals surface area contributed by atoms with Crippen LogP contribution in [0.4, 0.5) is 0 Å². The first-order valence-corrected chi connectivity index (χ1v) is 7.66. The summed E-state index contributed by atoms with van der Waals surface area (Å²) in [4.78, 5) is 0. The predicted octanol–water partition coefficient (Wildman–Crippen LogP) is 0.0303. The molecule has 18 heavy (non-hydrogen) atoms.